The van der Waals surface area contributed by atoms with E-state index in [0.29, 0.717) is 54.7 Å². The first-order valence-electron chi connectivity index (χ1n) is 12.4. The topological polar surface area (TPSA) is 127 Å². The number of H-pyrrole nitrogens is 1. The van der Waals surface area contributed by atoms with Gasteiger partial charge in [0.25, 0.3) is 5.91 Å². The van der Waals surface area contributed by atoms with Crippen molar-refractivity contribution in [3.05, 3.63) is 52.2 Å². The van der Waals surface area contributed by atoms with Gasteiger partial charge in [-0.2, -0.15) is 4.98 Å². The van der Waals surface area contributed by atoms with Crippen LogP contribution in [0.5, 0.6) is 5.75 Å². The highest BCUT2D eigenvalue weighted by molar-refractivity contribution is 5.97. The Bertz CT molecular complexity index is 1230. The van der Waals surface area contributed by atoms with Crippen LogP contribution in [0, 0.1) is 5.92 Å². The molecule has 1 aliphatic rings. The number of nitrogens with zero attached hydrogens (tertiary/aromatic N) is 2. The average Bonchev–Trinajstić information content (AvgIpc) is 3.26. The second kappa shape index (κ2) is 10.6. The molecule has 1 aromatic carbocycles. The number of benzene rings is 1. The Kier molecular flexibility index (Phi) is 7.57. The van der Waals surface area contributed by atoms with Crippen molar-refractivity contribution < 1.29 is 9.53 Å². The zero-order chi connectivity index (χ0) is 25.0. The van der Waals surface area contributed by atoms with Crippen LogP contribution in [0.25, 0.3) is 16.7 Å². The Morgan fingerprint density at radius 1 is 1.26 bits per heavy atom. The molecular formula is C26H36N6O3. The maximum absolute atomic E-state index is 12.9. The van der Waals surface area contributed by atoms with E-state index in [4.69, 9.17) is 10.5 Å². The Morgan fingerprint density at radius 3 is 2.74 bits per heavy atom. The van der Waals surface area contributed by atoms with Crippen LogP contribution in [-0.4, -0.2) is 53.2 Å². The maximum atomic E-state index is 12.9. The van der Waals surface area contributed by atoms with E-state index in [-0.39, 0.29) is 11.3 Å². The first kappa shape index (κ1) is 24.9. The highest BCUT2D eigenvalue weighted by Gasteiger charge is 2.20. The summed E-state index contributed by atoms with van der Waals surface area (Å²) < 4.78 is 7.68. The van der Waals surface area contributed by atoms with Crippen LogP contribution in [0.3, 0.4) is 0 Å². The standard InChI is InChI=1S/C26H36N6O3/c1-26(2,3)22-13-18-15-32(25(34)31-23(18)30-22)19-5-6-20(24(33)29-10-4-9-27)21(14-19)35-16-17-7-11-28-12-8-17/h5-6,13-15,17,28H,4,7-12,16,27H2,1-3H3,(H,29,33)(H,30,31,34). The van der Waals surface area contributed by atoms with Crippen LogP contribution >= 0.6 is 0 Å². The smallest absolute Gasteiger partial charge is 0.354 e. The van der Waals surface area contributed by atoms with Crippen LogP contribution in [0.15, 0.2) is 35.3 Å². The minimum atomic E-state index is -0.399. The van der Waals surface area contributed by atoms with Gasteiger partial charge in [-0.1, -0.05) is 20.8 Å². The van der Waals surface area contributed by atoms with E-state index in [1.54, 1.807) is 24.4 Å². The van der Waals surface area contributed by atoms with Gasteiger partial charge in [0.15, 0.2) is 0 Å². The summed E-state index contributed by atoms with van der Waals surface area (Å²) in [6.45, 7) is 9.77. The van der Waals surface area contributed by atoms with E-state index in [1.807, 2.05) is 6.07 Å². The summed E-state index contributed by atoms with van der Waals surface area (Å²) in [4.78, 5) is 33.3. The van der Waals surface area contributed by atoms with Gasteiger partial charge in [0, 0.05) is 35.3 Å². The first-order chi connectivity index (χ1) is 16.8. The van der Waals surface area contributed by atoms with E-state index >= 15 is 0 Å². The molecule has 9 heteroatoms. The highest BCUT2D eigenvalue weighted by atomic mass is 16.5. The molecular weight excluding hydrogens is 444 g/mol. The number of nitrogens with two attached hydrogens (primary N) is 1. The minimum Gasteiger partial charge on any atom is -0.492 e. The quantitative estimate of drug-likeness (QED) is 0.367. The van der Waals surface area contributed by atoms with Crippen molar-refractivity contribution >= 4 is 16.9 Å². The third kappa shape index (κ3) is 5.91. The van der Waals surface area contributed by atoms with Crippen molar-refractivity contribution in [1.29, 1.82) is 0 Å². The van der Waals surface area contributed by atoms with Crippen LogP contribution in [0.1, 0.15) is 56.1 Å². The molecule has 1 fully saturated rings. The van der Waals surface area contributed by atoms with Gasteiger partial charge in [-0.3, -0.25) is 9.36 Å². The van der Waals surface area contributed by atoms with Gasteiger partial charge in [0.05, 0.1) is 17.9 Å². The molecule has 0 spiro atoms. The molecule has 0 radical (unpaired) electrons. The monoisotopic (exact) mass is 480 g/mol. The molecule has 0 atom stereocenters. The molecule has 0 saturated carbocycles. The fraction of sp³-hybridized carbons (Fsp3) is 0.500. The molecule has 1 amide bonds. The van der Waals surface area contributed by atoms with E-state index < -0.39 is 5.69 Å². The lowest BCUT2D eigenvalue weighted by Gasteiger charge is -2.23. The maximum Gasteiger partial charge on any atom is 0.354 e. The van der Waals surface area contributed by atoms with Crippen LogP contribution in [0.4, 0.5) is 0 Å². The largest absolute Gasteiger partial charge is 0.492 e. The fourth-order valence-corrected chi connectivity index (χ4v) is 4.21. The molecule has 5 N–H and O–H groups in total. The molecule has 1 aliphatic heterocycles. The number of rotatable bonds is 8. The summed E-state index contributed by atoms with van der Waals surface area (Å²) in [7, 11) is 0. The number of aromatic amines is 1. The number of carbonyl (C=O) groups is 1. The van der Waals surface area contributed by atoms with Crippen molar-refractivity contribution in [2.45, 2.75) is 45.4 Å². The lowest BCUT2D eigenvalue weighted by Crippen LogP contribution is -2.31. The molecule has 1 saturated heterocycles. The summed E-state index contributed by atoms with van der Waals surface area (Å²) >= 11 is 0. The Balaban J connectivity index is 1.67. The molecule has 35 heavy (non-hydrogen) atoms. The number of hydrogen-bond acceptors (Lipinski definition) is 6. The normalized spacial score (nSPS) is 14.9. The highest BCUT2D eigenvalue weighted by Crippen LogP contribution is 2.27. The fourth-order valence-electron chi connectivity index (χ4n) is 4.21. The Morgan fingerprint density at radius 2 is 2.03 bits per heavy atom. The van der Waals surface area contributed by atoms with Crippen molar-refractivity contribution in [2.24, 2.45) is 11.7 Å². The number of fused-ring (bicyclic) bond motifs is 1. The van der Waals surface area contributed by atoms with Crippen molar-refractivity contribution in [1.82, 2.24) is 25.2 Å². The van der Waals surface area contributed by atoms with Crippen LogP contribution in [-0.2, 0) is 5.41 Å². The average molecular weight is 481 g/mol. The lowest BCUT2D eigenvalue weighted by atomic mass is 9.92. The van der Waals surface area contributed by atoms with Crippen molar-refractivity contribution in [3.8, 4) is 11.4 Å². The first-order valence-corrected chi connectivity index (χ1v) is 12.4. The Labute approximate surface area is 205 Å². The zero-order valence-corrected chi connectivity index (χ0v) is 20.8. The lowest BCUT2D eigenvalue weighted by molar-refractivity contribution is 0.0947. The van der Waals surface area contributed by atoms with Gasteiger partial charge >= 0.3 is 5.69 Å². The summed E-state index contributed by atoms with van der Waals surface area (Å²) in [5.74, 6) is 0.666. The summed E-state index contributed by atoms with van der Waals surface area (Å²) in [5, 5.41) is 7.09. The summed E-state index contributed by atoms with van der Waals surface area (Å²) in [5.41, 5.74) is 7.68. The van der Waals surface area contributed by atoms with E-state index in [2.05, 4.69) is 41.4 Å². The molecule has 188 valence electrons. The number of piperidine rings is 1. The number of aromatic nitrogens is 3. The minimum absolute atomic E-state index is 0.0941. The van der Waals surface area contributed by atoms with Gasteiger partial charge in [-0.05, 0) is 63.0 Å². The van der Waals surface area contributed by atoms with Crippen molar-refractivity contribution in [3.63, 3.8) is 0 Å². The SMILES string of the molecule is CC(C)(C)c1cc2cn(-c3ccc(C(=O)NCCCN)c(OCC4CCNCC4)c3)c(=O)nc2[nH]1. The third-order valence-electron chi connectivity index (χ3n) is 6.40. The van der Waals surface area contributed by atoms with E-state index in [0.717, 1.165) is 37.0 Å². The van der Waals surface area contributed by atoms with Gasteiger partial charge < -0.3 is 26.1 Å². The zero-order valence-electron chi connectivity index (χ0n) is 20.8. The van der Waals surface area contributed by atoms with Gasteiger partial charge in [0.1, 0.15) is 11.4 Å². The molecule has 4 rings (SSSR count). The molecule has 0 aliphatic carbocycles. The van der Waals surface area contributed by atoms with Gasteiger partial charge in [-0.25, -0.2) is 4.79 Å². The van der Waals surface area contributed by atoms with Crippen LogP contribution in [0.2, 0.25) is 0 Å². The second-order valence-electron chi connectivity index (χ2n) is 10.2. The number of nitrogens with one attached hydrogen (secondary N) is 3. The predicted molar refractivity (Wildman–Crippen MR) is 137 cm³/mol. The Hall–Kier alpha value is -3.17. The third-order valence-corrected chi connectivity index (χ3v) is 6.40. The summed E-state index contributed by atoms with van der Waals surface area (Å²) in [6, 6.07) is 7.23. The van der Waals surface area contributed by atoms with Gasteiger partial charge in [0.2, 0.25) is 0 Å². The number of hydrogen-bond donors (Lipinski definition) is 4. The predicted octanol–water partition coefficient (Wildman–Crippen LogP) is 2.47. The van der Waals surface area contributed by atoms with Crippen molar-refractivity contribution in [2.75, 3.05) is 32.8 Å². The van der Waals surface area contributed by atoms with E-state index in [9.17, 15) is 9.59 Å². The molecule has 2 aromatic heterocycles. The second-order valence-corrected chi connectivity index (χ2v) is 10.2. The van der Waals surface area contributed by atoms with Crippen LogP contribution < -0.4 is 26.8 Å². The number of carbonyl (C=O) groups excluding carboxylic acids is 1. The molecule has 9 nitrogen and oxygen atoms in total. The molecule has 0 unspecified atom stereocenters. The van der Waals surface area contributed by atoms with E-state index in [1.165, 1.54) is 4.57 Å². The number of amides is 1. The summed E-state index contributed by atoms with van der Waals surface area (Å²) in [6.07, 6.45) is 4.54. The van der Waals surface area contributed by atoms with Gasteiger partial charge in [-0.15, -0.1) is 0 Å². The molecule has 3 heterocycles. The molecule has 3 aromatic rings. The molecule has 0 bridgehead atoms. The number of ether oxygens (including phenoxy) is 1.